The third-order valence-corrected chi connectivity index (χ3v) is 4.74. The van der Waals surface area contributed by atoms with Gasteiger partial charge < -0.3 is 4.90 Å². The number of hydrazine groups is 1. The average molecular weight is 283 g/mol. The molecule has 2 saturated heterocycles. The zero-order valence-corrected chi connectivity index (χ0v) is 12.1. The smallest absolute Gasteiger partial charge is 0.147 e. The van der Waals surface area contributed by atoms with E-state index in [1.165, 1.54) is 19.3 Å². The minimum Gasteiger partial charge on any atom is -0.355 e. The predicted octanol–water partition coefficient (Wildman–Crippen LogP) is 1.71. The van der Waals surface area contributed by atoms with Crippen LogP contribution in [0.15, 0.2) is 30.5 Å². The normalized spacial score (nSPS) is 23.8. The summed E-state index contributed by atoms with van der Waals surface area (Å²) in [4.78, 5) is 11.7. The van der Waals surface area contributed by atoms with Crippen molar-refractivity contribution in [1.29, 1.82) is 0 Å². The Balaban J connectivity index is 1.46. The van der Waals surface area contributed by atoms with E-state index >= 15 is 0 Å². The van der Waals surface area contributed by atoms with Gasteiger partial charge in [-0.15, -0.1) is 0 Å². The Labute approximate surface area is 124 Å². The summed E-state index contributed by atoms with van der Waals surface area (Å²) in [6.45, 7) is 3.26. The van der Waals surface area contributed by atoms with Gasteiger partial charge in [0.1, 0.15) is 5.82 Å². The minimum absolute atomic E-state index is 0.648. The Hall–Kier alpha value is -1.72. The molecular weight excluding hydrogens is 262 g/mol. The van der Waals surface area contributed by atoms with Crippen LogP contribution < -0.4 is 15.8 Å². The van der Waals surface area contributed by atoms with E-state index in [2.05, 4.69) is 20.7 Å². The second kappa shape index (κ2) is 5.58. The maximum Gasteiger partial charge on any atom is 0.147 e. The highest BCUT2D eigenvalue weighted by Gasteiger charge is 2.28. The molecule has 0 amide bonds. The van der Waals surface area contributed by atoms with Crippen molar-refractivity contribution in [2.45, 2.75) is 25.3 Å². The molecule has 1 unspecified atom stereocenters. The Morgan fingerprint density at radius 3 is 2.62 bits per heavy atom. The van der Waals surface area contributed by atoms with E-state index in [0.29, 0.717) is 6.04 Å². The topological polar surface area (TPSA) is 53.1 Å². The predicted molar refractivity (Wildman–Crippen MR) is 84.0 cm³/mol. The largest absolute Gasteiger partial charge is 0.355 e. The number of fused-ring (bicyclic) bond motifs is 1. The van der Waals surface area contributed by atoms with Crippen LogP contribution >= 0.6 is 0 Å². The molecule has 1 aromatic carbocycles. The van der Waals surface area contributed by atoms with E-state index in [-0.39, 0.29) is 0 Å². The molecule has 4 rings (SSSR count). The molecule has 0 bridgehead atoms. The second-order valence-electron chi connectivity index (χ2n) is 6.01. The fraction of sp³-hybridized carbons (Fsp3) is 0.500. The zero-order chi connectivity index (χ0) is 14.1. The van der Waals surface area contributed by atoms with Crippen molar-refractivity contribution in [3.8, 4) is 0 Å². The lowest BCUT2D eigenvalue weighted by Crippen LogP contribution is -2.43. The molecule has 0 aliphatic carbocycles. The summed E-state index contributed by atoms with van der Waals surface area (Å²) < 4.78 is 0. The molecule has 3 heterocycles. The summed E-state index contributed by atoms with van der Waals surface area (Å²) in [6, 6.07) is 8.72. The zero-order valence-electron chi connectivity index (χ0n) is 12.1. The standard InChI is InChI=1S/C16H21N5/c1-2-4-15-14(3-1)17-11-16(19-15)21-9-6-12(7-10-21)13-5-8-18-20-13/h1-4,11-13,18,20H,5-10H2. The maximum atomic E-state index is 4.76. The molecule has 0 saturated carbocycles. The number of nitrogens with one attached hydrogen (secondary N) is 2. The van der Waals surface area contributed by atoms with Crippen molar-refractivity contribution < 1.29 is 0 Å². The number of anilines is 1. The number of nitrogens with zero attached hydrogens (tertiary/aromatic N) is 3. The van der Waals surface area contributed by atoms with Gasteiger partial charge in [-0.1, -0.05) is 12.1 Å². The molecule has 2 aliphatic heterocycles. The number of rotatable bonds is 2. The van der Waals surface area contributed by atoms with Crippen LogP contribution in [0.5, 0.6) is 0 Å². The molecule has 2 aliphatic rings. The van der Waals surface area contributed by atoms with Gasteiger partial charge in [-0.05, 0) is 37.3 Å². The average Bonchev–Trinajstić information content (AvgIpc) is 3.09. The molecule has 2 aromatic rings. The summed E-state index contributed by atoms with van der Waals surface area (Å²) in [5.41, 5.74) is 8.61. The lowest BCUT2D eigenvalue weighted by molar-refractivity contribution is 0.310. The van der Waals surface area contributed by atoms with E-state index in [4.69, 9.17) is 4.98 Å². The summed E-state index contributed by atoms with van der Waals surface area (Å²) in [7, 11) is 0. The van der Waals surface area contributed by atoms with Gasteiger partial charge in [0.15, 0.2) is 0 Å². The monoisotopic (exact) mass is 283 g/mol. The molecule has 2 N–H and O–H groups in total. The van der Waals surface area contributed by atoms with Crippen molar-refractivity contribution in [3.63, 3.8) is 0 Å². The highest BCUT2D eigenvalue weighted by Crippen LogP contribution is 2.26. The fourth-order valence-electron chi connectivity index (χ4n) is 3.49. The SMILES string of the molecule is c1ccc2nc(N3CCC(C4CCNN4)CC3)cnc2c1. The van der Waals surface area contributed by atoms with Crippen LogP contribution in [0.1, 0.15) is 19.3 Å². The van der Waals surface area contributed by atoms with Crippen LogP contribution in [0.3, 0.4) is 0 Å². The molecule has 1 aromatic heterocycles. The molecule has 0 spiro atoms. The molecule has 5 nitrogen and oxygen atoms in total. The quantitative estimate of drug-likeness (QED) is 0.879. The van der Waals surface area contributed by atoms with Crippen molar-refractivity contribution in [3.05, 3.63) is 30.5 Å². The first-order chi connectivity index (χ1) is 10.4. The number of hydrogen-bond donors (Lipinski definition) is 2. The van der Waals surface area contributed by atoms with Gasteiger partial charge >= 0.3 is 0 Å². The van der Waals surface area contributed by atoms with Gasteiger partial charge in [-0.3, -0.25) is 15.8 Å². The van der Waals surface area contributed by atoms with E-state index in [9.17, 15) is 0 Å². The fourth-order valence-corrected chi connectivity index (χ4v) is 3.49. The van der Waals surface area contributed by atoms with E-state index in [1.807, 2.05) is 30.5 Å². The number of para-hydroxylation sites is 2. The second-order valence-corrected chi connectivity index (χ2v) is 6.01. The van der Waals surface area contributed by atoms with Gasteiger partial charge in [-0.2, -0.15) is 0 Å². The minimum atomic E-state index is 0.648. The van der Waals surface area contributed by atoms with Crippen LogP contribution in [0, 0.1) is 5.92 Å². The third-order valence-electron chi connectivity index (χ3n) is 4.74. The number of aromatic nitrogens is 2. The van der Waals surface area contributed by atoms with Crippen molar-refractivity contribution in [2.75, 3.05) is 24.5 Å². The van der Waals surface area contributed by atoms with Crippen LogP contribution in [0.25, 0.3) is 11.0 Å². The molecule has 1 atom stereocenters. The first-order valence-electron chi connectivity index (χ1n) is 7.85. The number of benzene rings is 1. The van der Waals surface area contributed by atoms with Gasteiger partial charge in [0.2, 0.25) is 0 Å². The van der Waals surface area contributed by atoms with Crippen molar-refractivity contribution in [2.24, 2.45) is 5.92 Å². The first kappa shape index (κ1) is 13.0. The summed E-state index contributed by atoms with van der Waals surface area (Å²) in [5, 5.41) is 0. The van der Waals surface area contributed by atoms with Gasteiger partial charge in [0.05, 0.1) is 17.2 Å². The Bertz CT molecular complexity index is 615. The van der Waals surface area contributed by atoms with Crippen molar-refractivity contribution in [1.82, 2.24) is 20.8 Å². The highest BCUT2D eigenvalue weighted by molar-refractivity contribution is 5.75. The first-order valence-corrected chi connectivity index (χ1v) is 7.85. The Kier molecular flexibility index (Phi) is 3.45. The third kappa shape index (κ3) is 2.59. The van der Waals surface area contributed by atoms with Gasteiger partial charge in [0, 0.05) is 25.7 Å². The van der Waals surface area contributed by atoms with E-state index in [1.54, 1.807) is 0 Å². The molecule has 5 heteroatoms. The van der Waals surface area contributed by atoms with Crippen LogP contribution in [0.4, 0.5) is 5.82 Å². The molecular formula is C16H21N5. The van der Waals surface area contributed by atoms with Gasteiger partial charge in [0.25, 0.3) is 0 Å². The molecule has 2 fully saturated rings. The number of piperidine rings is 1. The highest BCUT2D eigenvalue weighted by atomic mass is 15.4. The number of hydrogen-bond acceptors (Lipinski definition) is 5. The molecule has 21 heavy (non-hydrogen) atoms. The Morgan fingerprint density at radius 1 is 1.05 bits per heavy atom. The van der Waals surface area contributed by atoms with Crippen LogP contribution in [0.2, 0.25) is 0 Å². The molecule has 110 valence electrons. The maximum absolute atomic E-state index is 4.76. The summed E-state index contributed by atoms with van der Waals surface area (Å²) >= 11 is 0. The Morgan fingerprint density at radius 2 is 1.86 bits per heavy atom. The van der Waals surface area contributed by atoms with Crippen LogP contribution in [-0.2, 0) is 0 Å². The lowest BCUT2D eigenvalue weighted by Gasteiger charge is -2.35. The van der Waals surface area contributed by atoms with Gasteiger partial charge in [-0.25, -0.2) is 4.98 Å². The van der Waals surface area contributed by atoms with E-state index < -0.39 is 0 Å². The van der Waals surface area contributed by atoms with Crippen molar-refractivity contribution >= 4 is 16.9 Å². The molecule has 0 radical (unpaired) electrons. The van der Waals surface area contributed by atoms with Crippen LogP contribution in [-0.4, -0.2) is 35.6 Å². The summed E-state index contributed by atoms with van der Waals surface area (Å²) in [5.74, 6) is 1.80. The lowest BCUT2D eigenvalue weighted by atomic mass is 9.88. The summed E-state index contributed by atoms with van der Waals surface area (Å²) in [6.07, 6.45) is 5.63. The van der Waals surface area contributed by atoms with E-state index in [0.717, 1.165) is 42.4 Å².